The summed E-state index contributed by atoms with van der Waals surface area (Å²) in [7, 11) is 0. The molecule has 0 unspecified atom stereocenters. The molecule has 3 heteroatoms. The van der Waals surface area contributed by atoms with E-state index in [4.69, 9.17) is 0 Å². The zero-order valence-corrected chi connectivity index (χ0v) is 13.1. The molecule has 0 radical (unpaired) electrons. The number of hydrogen-bond donors (Lipinski definition) is 0. The SMILES string of the molecule is CC[C@@]12CCCN3CCc4c(n(c5ccccc45)C(=O)C1)[C@@H]32. The molecule has 0 aliphatic carbocycles. The number of carbonyl (C=O) groups is 1. The minimum absolute atomic E-state index is 0.175. The Morgan fingerprint density at radius 1 is 1.27 bits per heavy atom. The fourth-order valence-electron chi connectivity index (χ4n) is 5.45. The Kier molecular flexibility index (Phi) is 2.48. The van der Waals surface area contributed by atoms with Crippen molar-refractivity contribution >= 4 is 16.8 Å². The van der Waals surface area contributed by atoms with E-state index in [1.54, 1.807) is 0 Å². The Labute approximate surface area is 130 Å². The van der Waals surface area contributed by atoms with Crippen molar-refractivity contribution in [2.75, 3.05) is 13.1 Å². The summed E-state index contributed by atoms with van der Waals surface area (Å²) in [5, 5.41) is 1.31. The predicted octanol–water partition coefficient (Wildman–Crippen LogP) is 3.77. The predicted molar refractivity (Wildman–Crippen MR) is 87.2 cm³/mol. The lowest BCUT2D eigenvalue weighted by Crippen LogP contribution is -2.53. The molecule has 2 aromatic rings. The molecule has 1 aromatic heterocycles. The number of rotatable bonds is 1. The topological polar surface area (TPSA) is 25.2 Å². The van der Waals surface area contributed by atoms with Crippen molar-refractivity contribution in [2.24, 2.45) is 5.41 Å². The third-order valence-corrected chi connectivity index (χ3v) is 6.45. The average Bonchev–Trinajstić information content (AvgIpc) is 2.89. The molecular weight excluding hydrogens is 272 g/mol. The smallest absolute Gasteiger partial charge is 0.231 e. The molecule has 22 heavy (non-hydrogen) atoms. The zero-order chi connectivity index (χ0) is 14.9. The Hall–Kier alpha value is -1.61. The third kappa shape index (κ3) is 1.38. The fraction of sp³-hybridized carbons (Fsp3) is 0.526. The highest BCUT2D eigenvalue weighted by Gasteiger charge is 2.52. The van der Waals surface area contributed by atoms with Gasteiger partial charge in [-0.25, -0.2) is 0 Å². The summed E-state index contributed by atoms with van der Waals surface area (Å²) in [6, 6.07) is 8.95. The third-order valence-electron chi connectivity index (χ3n) is 6.45. The minimum atomic E-state index is 0.175. The Balaban J connectivity index is 1.88. The highest BCUT2D eigenvalue weighted by atomic mass is 16.2. The monoisotopic (exact) mass is 294 g/mol. The lowest BCUT2D eigenvalue weighted by Gasteiger charge is -2.54. The average molecular weight is 294 g/mol. The molecule has 0 spiro atoms. The van der Waals surface area contributed by atoms with Gasteiger partial charge in [-0.15, -0.1) is 0 Å². The number of aromatic nitrogens is 1. The summed E-state index contributed by atoms with van der Waals surface area (Å²) in [6.07, 6.45) is 5.37. The first-order valence-electron chi connectivity index (χ1n) is 8.65. The second-order valence-corrected chi connectivity index (χ2v) is 7.29. The highest BCUT2D eigenvalue weighted by molar-refractivity contribution is 5.97. The first-order valence-corrected chi connectivity index (χ1v) is 8.65. The van der Waals surface area contributed by atoms with E-state index in [2.05, 4.69) is 40.7 Å². The maximum absolute atomic E-state index is 13.0. The number of para-hydroxylation sites is 1. The number of piperidine rings is 1. The normalized spacial score (nSPS) is 30.6. The first-order chi connectivity index (χ1) is 10.7. The van der Waals surface area contributed by atoms with Gasteiger partial charge in [0.25, 0.3) is 0 Å². The van der Waals surface area contributed by atoms with Crippen molar-refractivity contribution in [3.05, 3.63) is 35.5 Å². The van der Waals surface area contributed by atoms with E-state index in [9.17, 15) is 4.79 Å². The van der Waals surface area contributed by atoms with E-state index in [0.29, 0.717) is 11.9 Å². The number of carbonyl (C=O) groups excluding carboxylic acids is 1. The molecule has 114 valence electrons. The maximum Gasteiger partial charge on any atom is 0.231 e. The van der Waals surface area contributed by atoms with Gasteiger partial charge in [0.05, 0.1) is 11.6 Å². The van der Waals surface area contributed by atoms with Crippen LogP contribution in [-0.4, -0.2) is 28.5 Å². The van der Waals surface area contributed by atoms with Gasteiger partial charge in [0.2, 0.25) is 5.91 Å². The Morgan fingerprint density at radius 2 is 2.14 bits per heavy atom. The summed E-state index contributed by atoms with van der Waals surface area (Å²) in [4.78, 5) is 15.7. The summed E-state index contributed by atoms with van der Waals surface area (Å²) in [5.41, 5.74) is 4.10. The van der Waals surface area contributed by atoms with Crippen LogP contribution in [0.15, 0.2) is 24.3 Å². The van der Waals surface area contributed by atoms with Gasteiger partial charge in [0, 0.05) is 29.5 Å². The van der Waals surface area contributed by atoms with E-state index in [1.165, 1.54) is 36.0 Å². The van der Waals surface area contributed by atoms with Crippen LogP contribution in [0.5, 0.6) is 0 Å². The van der Waals surface area contributed by atoms with Gasteiger partial charge in [-0.1, -0.05) is 25.1 Å². The number of hydrogen-bond acceptors (Lipinski definition) is 2. The molecular formula is C19H22N2O. The summed E-state index contributed by atoms with van der Waals surface area (Å²) in [6.45, 7) is 4.63. The largest absolute Gasteiger partial charge is 0.294 e. The molecule has 0 N–H and O–H groups in total. The summed E-state index contributed by atoms with van der Waals surface area (Å²) in [5.74, 6) is 0.319. The summed E-state index contributed by atoms with van der Waals surface area (Å²) >= 11 is 0. The molecule has 1 fully saturated rings. The van der Waals surface area contributed by atoms with E-state index in [0.717, 1.165) is 31.3 Å². The van der Waals surface area contributed by atoms with Crippen molar-refractivity contribution in [1.82, 2.24) is 9.47 Å². The van der Waals surface area contributed by atoms with Gasteiger partial charge in [-0.05, 0) is 43.9 Å². The standard InChI is InChI=1S/C19H22N2O/c1-2-19-9-5-10-20-11-8-14-13-6-3-4-7-15(13)21(16(22)12-19)17(14)18(19)20/h3-4,6-7,18H,2,5,8-12H2,1H3/t18-,19-/m1/s1. The molecule has 3 nitrogen and oxygen atoms in total. The first kappa shape index (κ1) is 12.9. The summed E-state index contributed by atoms with van der Waals surface area (Å²) < 4.78 is 2.07. The lowest BCUT2D eigenvalue weighted by atomic mass is 9.64. The second-order valence-electron chi connectivity index (χ2n) is 7.29. The van der Waals surface area contributed by atoms with Gasteiger partial charge in [0.1, 0.15) is 0 Å². The zero-order valence-electron chi connectivity index (χ0n) is 13.1. The molecule has 0 amide bonds. The fourth-order valence-corrected chi connectivity index (χ4v) is 5.45. The van der Waals surface area contributed by atoms with Gasteiger partial charge in [-0.2, -0.15) is 0 Å². The van der Waals surface area contributed by atoms with Crippen molar-refractivity contribution < 1.29 is 4.79 Å². The number of benzene rings is 1. The van der Waals surface area contributed by atoms with Gasteiger partial charge >= 0.3 is 0 Å². The molecule has 1 saturated heterocycles. The maximum atomic E-state index is 13.0. The minimum Gasteiger partial charge on any atom is -0.294 e. The molecule has 0 saturated carbocycles. The van der Waals surface area contributed by atoms with Crippen molar-refractivity contribution in [2.45, 2.75) is 45.1 Å². The van der Waals surface area contributed by atoms with Crippen LogP contribution < -0.4 is 0 Å². The molecule has 3 aliphatic rings. The van der Waals surface area contributed by atoms with Crippen LogP contribution in [0.3, 0.4) is 0 Å². The van der Waals surface area contributed by atoms with Crippen LogP contribution in [0.25, 0.3) is 10.9 Å². The Morgan fingerprint density at radius 3 is 3.00 bits per heavy atom. The van der Waals surface area contributed by atoms with Crippen LogP contribution in [0.2, 0.25) is 0 Å². The molecule has 3 aliphatic heterocycles. The Bertz CT molecular complexity index is 790. The van der Waals surface area contributed by atoms with Crippen molar-refractivity contribution in [3.63, 3.8) is 0 Å². The van der Waals surface area contributed by atoms with Crippen molar-refractivity contribution in [1.29, 1.82) is 0 Å². The highest BCUT2D eigenvalue weighted by Crippen LogP contribution is 2.56. The molecule has 5 rings (SSSR count). The van der Waals surface area contributed by atoms with Crippen LogP contribution >= 0.6 is 0 Å². The quantitative estimate of drug-likeness (QED) is 0.800. The number of nitrogens with zero attached hydrogens (tertiary/aromatic N) is 2. The molecule has 0 bridgehead atoms. The molecule has 4 heterocycles. The van der Waals surface area contributed by atoms with Crippen LogP contribution in [0, 0.1) is 5.41 Å². The van der Waals surface area contributed by atoms with E-state index in [1.807, 2.05) is 0 Å². The van der Waals surface area contributed by atoms with Crippen LogP contribution in [0.4, 0.5) is 0 Å². The molecule has 2 atom stereocenters. The van der Waals surface area contributed by atoms with E-state index < -0.39 is 0 Å². The van der Waals surface area contributed by atoms with Gasteiger partial charge in [-0.3, -0.25) is 14.3 Å². The molecule has 1 aromatic carbocycles. The van der Waals surface area contributed by atoms with Gasteiger partial charge < -0.3 is 0 Å². The van der Waals surface area contributed by atoms with E-state index in [-0.39, 0.29) is 5.41 Å². The van der Waals surface area contributed by atoms with Crippen LogP contribution in [0.1, 0.15) is 54.7 Å². The van der Waals surface area contributed by atoms with Crippen LogP contribution in [-0.2, 0) is 6.42 Å². The lowest BCUT2D eigenvalue weighted by molar-refractivity contribution is -0.0174. The second kappa shape index (κ2) is 4.23. The van der Waals surface area contributed by atoms with E-state index >= 15 is 0 Å². The van der Waals surface area contributed by atoms with Gasteiger partial charge in [0.15, 0.2) is 0 Å². The van der Waals surface area contributed by atoms with Crippen molar-refractivity contribution in [3.8, 4) is 0 Å². The number of fused-ring (bicyclic) bond motifs is 3.